The van der Waals surface area contributed by atoms with Crippen molar-refractivity contribution >= 4 is 23.2 Å². The fourth-order valence-electron chi connectivity index (χ4n) is 2.71. The molecule has 1 aliphatic carbocycles. The molecule has 0 bridgehead atoms. The Morgan fingerprint density at radius 3 is 2.33 bits per heavy atom. The number of carbonyl (C=O) groups excluding carboxylic acids is 1. The zero-order valence-corrected chi connectivity index (χ0v) is 13.5. The molecule has 1 aromatic heterocycles. The number of carboxylic acids is 1. The number of nitrogens with one attached hydrogen (secondary N) is 1. The Morgan fingerprint density at radius 1 is 1.29 bits per heavy atom. The quantitative estimate of drug-likeness (QED) is 0.896. The van der Waals surface area contributed by atoms with Crippen LogP contribution in [0.25, 0.3) is 0 Å². The number of aryl methyl sites for hydroxylation is 1. The molecule has 116 valence electrons. The van der Waals surface area contributed by atoms with Crippen LogP contribution in [0.1, 0.15) is 49.4 Å². The summed E-state index contributed by atoms with van der Waals surface area (Å²) in [5.41, 5.74) is -0.486. The van der Waals surface area contributed by atoms with Crippen LogP contribution < -0.4 is 5.32 Å². The van der Waals surface area contributed by atoms with Crippen LogP contribution in [0.4, 0.5) is 0 Å². The van der Waals surface area contributed by atoms with Crippen molar-refractivity contribution in [2.24, 2.45) is 11.8 Å². The van der Waals surface area contributed by atoms with Gasteiger partial charge in [0.15, 0.2) is 0 Å². The van der Waals surface area contributed by atoms with E-state index in [1.54, 1.807) is 11.3 Å². The van der Waals surface area contributed by atoms with Crippen molar-refractivity contribution in [3.63, 3.8) is 0 Å². The van der Waals surface area contributed by atoms with Crippen LogP contribution >= 0.6 is 11.3 Å². The van der Waals surface area contributed by atoms with Crippen LogP contribution in [0.5, 0.6) is 0 Å². The molecule has 1 saturated carbocycles. The first-order valence-electron chi connectivity index (χ1n) is 7.27. The summed E-state index contributed by atoms with van der Waals surface area (Å²) < 4.78 is 0. The van der Waals surface area contributed by atoms with Gasteiger partial charge in [-0.3, -0.25) is 9.59 Å². The van der Waals surface area contributed by atoms with Gasteiger partial charge in [0, 0.05) is 17.0 Å². The monoisotopic (exact) mass is 310 g/mol. The van der Waals surface area contributed by atoms with Crippen LogP contribution in [-0.2, 0) is 15.1 Å². The molecule has 0 radical (unpaired) electrons. The van der Waals surface area contributed by atoms with E-state index in [-0.39, 0.29) is 17.7 Å². The Morgan fingerprint density at radius 2 is 1.86 bits per heavy atom. The average Bonchev–Trinajstić information content (AvgIpc) is 2.86. The lowest BCUT2D eigenvalue weighted by Gasteiger charge is -2.30. The molecule has 1 aromatic rings. The van der Waals surface area contributed by atoms with Gasteiger partial charge in [-0.15, -0.1) is 11.3 Å². The van der Waals surface area contributed by atoms with Crippen molar-refractivity contribution < 1.29 is 14.7 Å². The smallest absolute Gasteiger partial charge is 0.306 e. The standard InChI is InChI=1S/C15H22N2O3S/c1-9-8-16-14(21-9)15(2,3)17-12(18)10-4-6-11(7-5-10)13(19)20/h8,10-11H,4-7H2,1-3H3,(H,17,18)(H,19,20). The van der Waals surface area contributed by atoms with Crippen molar-refractivity contribution in [3.8, 4) is 0 Å². The largest absolute Gasteiger partial charge is 0.481 e. The van der Waals surface area contributed by atoms with Crippen LogP contribution in [0.15, 0.2) is 6.20 Å². The third kappa shape index (κ3) is 3.81. The molecule has 0 saturated heterocycles. The minimum Gasteiger partial charge on any atom is -0.481 e. The van der Waals surface area contributed by atoms with Crippen molar-refractivity contribution in [3.05, 3.63) is 16.1 Å². The number of aromatic nitrogens is 1. The van der Waals surface area contributed by atoms with E-state index < -0.39 is 11.5 Å². The molecular weight excluding hydrogens is 288 g/mol. The van der Waals surface area contributed by atoms with Gasteiger partial charge in [0.05, 0.1) is 11.5 Å². The minimum absolute atomic E-state index is 0.0108. The molecule has 5 nitrogen and oxygen atoms in total. The van der Waals surface area contributed by atoms with Crippen LogP contribution in [0.3, 0.4) is 0 Å². The molecule has 1 amide bonds. The number of hydrogen-bond acceptors (Lipinski definition) is 4. The summed E-state index contributed by atoms with van der Waals surface area (Å²) in [6.07, 6.45) is 4.28. The Labute approximate surface area is 128 Å². The maximum absolute atomic E-state index is 12.4. The summed E-state index contributed by atoms with van der Waals surface area (Å²) in [6, 6.07) is 0. The van der Waals surface area contributed by atoms with Gasteiger partial charge in [-0.1, -0.05) is 0 Å². The third-order valence-electron chi connectivity index (χ3n) is 4.04. The highest BCUT2D eigenvalue weighted by Crippen LogP contribution is 2.31. The highest BCUT2D eigenvalue weighted by Gasteiger charge is 2.33. The van der Waals surface area contributed by atoms with Gasteiger partial charge in [-0.2, -0.15) is 0 Å². The molecule has 0 unspecified atom stereocenters. The van der Waals surface area contributed by atoms with E-state index in [2.05, 4.69) is 10.3 Å². The number of hydrogen-bond donors (Lipinski definition) is 2. The molecule has 0 spiro atoms. The first-order valence-corrected chi connectivity index (χ1v) is 8.09. The molecule has 0 aromatic carbocycles. The van der Waals surface area contributed by atoms with Gasteiger partial charge in [-0.05, 0) is 46.5 Å². The maximum atomic E-state index is 12.4. The molecule has 1 heterocycles. The zero-order valence-electron chi connectivity index (χ0n) is 12.7. The number of thiazole rings is 1. The third-order valence-corrected chi connectivity index (χ3v) is 5.28. The van der Waals surface area contributed by atoms with Gasteiger partial charge in [0.25, 0.3) is 0 Å². The van der Waals surface area contributed by atoms with Crippen molar-refractivity contribution in [2.45, 2.75) is 52.0 Å². The predicted octanol–water partition coefficient (Wildman–Crippen LogP) is 2.69. The van der Waals surface area contributed by atoms with E-state index in [4.69, 9.17) is 5.11 Å². The Kier molecular flexibility index (Phi) is 4.66. The SMILES string of the molecule is Cc1cnc(C(C)(C)NC(=O)C2CCC(C(=O)O)CC2)s1. The molecule has 1 aliphatic rings. The maximum Gasteiger partial charge on any atom is 0.306 e. The van der Waals surface area contributed by atoms with Crippen LogP contribution in [0.2, 0.25) is 0 Å². The van der Waals surface area contributed by atoms with Crippen LogP contribution in [0, 0.1) is 18.8 Å². The normalized spacial score (nSPS) is 22.8. The number of rotatable bonds is 4. The molecule has 2 rings (SSSR count). The van der Waals surface area contributed by atoms with Gasteiger partial charge < -0.3 is 10.4 Å². The number of carbonyl (C=O) groups is 2. The molecular formula is C15H22N2O3S. The summed E-state index contributed by atoms with van der Waals surface area (Å²) in [4.78, 5) is 28.8. The first kappa shape index (κ1) is 15.9. The Balaban J connectivity index is 1.94. The molecule has 2 N–H and O–H groups in total. The highest BCUT2D eigenvalue weighted by molar-refractivity contribution is 7.11. The fraction of sp³-hybridized carbons (Fsp3) is 0.667. The minimum atomic E-state index is -0.743. The topological polar surface area (TPSA) is 79.3 Å². The van der Waals surface area contributed by atoms with E-state index >= 15 is 0 Å². The lowest BCUT2D eigenvalue weighted by molar-refractivity contribution is -0.144. The van der Waals surface area contributed by atoms with E-state index in [0.29, 0.717) is 25.7 Å². The van der Waals surface area contributed by atoms with Gasteiger partial charge in [-0.25, -0.2) is 4.98 Å². The predicted molar refractivity (Wildman–Crippen MR) is 81.1 cm³/mol. The number of carboxylic acid groups (broad SMARTS) is 1. The highest BCUT2D eigenvalue weighted by atomic mass is 32.1. The lowest BCUT2D eigenvalue weighted by atomic mass is 9.81. The van der Waals surface area contributed by atoms with Gasteiger partial charge in [0.2, 0.25) is 5.91 Å². The van der Waals surface area contributed by atoms with Crippen molar-refractivity contribution in [1.82, 2.24) is 10.3 Å². The molecule has 0 aliphatic heterocycles. The summed E-state index contributed by atoms with van der Waals surface area (Å²) >= 11 is 1.58. The summed E-state index contributed by atoms with van der Waals surface area (Å²) in [7, 11) is 0. The molecule has 6 heteroatoms. The van der Waals surface area contributed by atoms with Crippen molar-refractivity contribution in [2.75, 3.05) is 0 Å². The van der Waals surface area contributed by atoms with Gasteiger partial charge in [0.1, 0.15) is 5.01 Å². The van der Waals surface area contributed by atoms with Crippen molar-refractivity contribution in [1.29, 1.82) is 0 Å². The van der Waals surface area contributed by atoms with Crippen LogP contribution in [-0.4, -0.2) is 22.0 Å². The fourth-order valence-corrected chi connectivity index (χ4v) is 3.53. The van der Waals surface area contributed by atoms with E-state index in [1.807, 2.05) is 27.0 Å². The lowest BCUT2D eigenvalue weighted by Crippen LogP contribution is -2.45. The van der Waals surface area contributed by atoms with E-state index in [9.17, 15) is 9.59 Å². The number of aliphatic carboxylic acids is 1. The number of nitrogens with zero attached hydrogens (tertiary/aromatic N) is 1. The number of amides is 1. The van der Waals surface area contributed by atoms with E-state index in [1.165, 1.54) is 0 Å². The second kappa shape index (κ2) is 6.13. The van der Waals surface area contributed by atoms with E-state index in [0.717, 1.165) is 9.88 Å². The zero-order chi connectivity index (χ0) is 15.6. The second-order valence-corrected chi connectivity index (χ2v) is 7.51. The molecule has 21 heavy (non-hydrogen) atoms. The Hall–Kier alpha value is -1.43. The summed E-state index contributed by atoms with van der Waals surface area (Å²) in [6.45, 7) is 5.89. The average molecular weight is 310 g/mol. The second-order valence-electron chi connectivity index (χ2n) is 6.28. The summed E-state index contributed by atoms with van der Waals surface area (Å²) in [5.74, 6) is -1.10. The van der Waals surface area contributed by atoms with Gasteiger partial charge >= 0.3 is 5.97 Å². The first-order chi connectivity index (χ1) is 9.79. The molecule has 0 atom stereocenters. The Bertz CT molecular complexity index is 531. The molecule has 1 fully saturated rings. The summed E-state index contributed by atoms with van der Waals surface area (Å²) in [5, 5.41) is 13.0.